The molecule has 2 rings (SSSR count). The third kappa shape index (κ3) is 4.58. The zero-order valence-corrected chi connectivity index (χ0v) is 14.7. The number of nitro benzene ring substituents is 2. The summed E-state index contributed by atoms with van der Waals surface area (Å²) in [7, 11) is 0. The minimum Gasteiger partial charge on any atom is -0.506 e. The molecule has 0 saturated carbocycles. The molecule has 0 spiro atoms. The molecule has 2 aromatic rings. The van der Waals surface area contributed by atoms with Gasteiger partial charge in [0.15, 0.2) is 0 Å². The van der Waals surface area contributed by atoms with Crippen molar-refractivity contribution in [3.63, 3.8) is 0 Å². The van der Waals surface area contributed by atoms with Crippen LogP contribution < -0.4 is 5.43 Å². The van der Waals surface area contributed by atoms with Gasteiger partial charge in [-0.25, -0.2) is 0 Å². The molecule has 2 aromatic carbocycles. The smallest absolute Gasteiger partial charge is 0.416 e. The largest absolute Gasteiger partial charge is 0.506 e. The van der Waals surface area contributed by atoms with Crippen LogP contribution in [0.25, 0.3) is 0 Å². The summed E-state index contributed by atoms with van der Waals surface area (Å²) < 4.78 is 38.6. The van der Waals surface area contributed by atoms with E-state index in [0.717, 1.165) is 6.21 Å². The fourth-order valence-electron chi connectivity index (χ4n) is 2.03. The van der Waals surface area contributed by atoms with Crippen LogP contribution >= 0.6 is 23.2 Å². The molecule has 0 atom stereocenters. The fraction of sp³-hybridized carbons (Fsp3) is 0.0714. The standard InChI is InChI=1S/C14H7Cl2F3N4O5/c15-8-1-6(13(24)9(16)4-8)5-20-21-12-10(22(25)26)2-7(14(17,18)19)3-11(12)23(27)28/h1-5,21,24H/b20-5-. The molecule has 2 N–H and O–H groups in total. The average molecular weight is 439 g/mol. The summed E-state index contributed by atoms with van der Waals surface area (Å²) in [6, 6.07) is 2.70. The van der Waals surface area contributed by atoms with E-state index in [2.05, 4.69) is 5.10 Å². The summed E-state index contributed by atoms with van der Waals surface area (Å²) in [5.41, 5.74) is -2.98. The van der Waals surface area contributed by atoms with Gasteiger partial charge in [-0.2, -0.15) is 18.3 Å². The van der Waals surface area contributed by atoms with Gasteiger partial charge in [0.1, 0.15) is 5.75 Å². The van der Waals surface area contributed by atoms with Crippen molar-refractivity contribution in [3.05, 3.63) is 65.7 Å². The van der Waals surface area contributed by atoms with Crippen LogP contribution in [0.15, 0.2) is 29.4 Å². The number of phenols is 1. The average Bonchev–Trinajstić information content (AvgIpc) is 2.57. The molecule has 14 heteroatoms. The van der Waals surface area contributed by atoms with Gasteiger partial charge in [0.25, 0.3) is 0 Å². The number of halogens is 5. The molecular weight excluding hydrogens is 432 g/mol. The minimum atomic E-state index is -5.04. The number of nitrogens with one attached hydrogen (secondary N) is 1. The first kappa shape index (κ1) is 21.2. The van der Waals surface area contributed by atoms with Gasteiger partial charge >= 0.3 is 17.6 Å². The summed E-state index contributed by atoms with van der Waals surface area (Å²) in [4.78, 5) is 19.7. The first-order chi connectivity index (χ1) is 12.9. The van der Waals surface area contributed by atoms with Crippen LogP contribution in [-0.4, -0.2) is 21.2 Å². The Balaban J connectivity index is 2.53. The summed E-state index contributed by atoms with van der Waals surface area (Å²) in [6.45, 7) is 0. The molecule has 9 nitrogen and oxygen atoms in total. The summed E-state index contributed by atoms with van der Waals surface area (Å²) >= 11 is 11.5. The van der Waals surface area contributed by atoms with E-state index in [0.29, 0.717) is 0 Å². The van der Waals surface area contributed by atoms with Crippen LogP contribution in [0.1, 0.15) is 11.1 Å². The molecule has 0 aromatic heterocycles. The molecule has 0 aliphatic heterocycles. The number of benzene rings is 2. The number of aromatic hydroxyl groups is 1. The van der Waals surface area contributed by atoms with Crippen LogP contribution in [0.3, 0.4) is 0 Å². The molecular formula is C14H7Cl2F3N4O5. The lowest BCUT2D eigenvalue weighted by molar-refractivity contribution is -0.392. The maximum absolute atomic E-state index is 12.9. The Morgan fingerprint density at radius 1 is 1.07 bits per heavy atom. The first-order valence-corrected chi connectivity index (χ1v) is 7.68. The highest BCUT2D eigenvalue weighted by atomic mass is 35.5. The zero-order chi connectivity index (χ0) is 21.2. The maximum Gasteiger partial charge on any atom is 0.416 e. The third-order valence-electron chi connectivity index (χ3n) is 3.26. The molecule has 28 heavy (non-hydrogen) atoms. The number of nitro groups is 2. The van der Waals surface area contributed by atoms with Gasteiger partial charge in [-0.3, -0.25) is 25.7 Å². The van der Waals surface area contributed by atoms with E-state index in [4.69, 9.17) is 23.2 Å². The van der Waals surface area contributed by atoms with Gasteiger partial charge < -0.3 is 5.11 Å². The normalized spacial score (nSPS) is 11.6. The van der Waals surface area contributed by atoms with Gasteiger partial charge in [0.2, 0.25) is 5.69 Å². The number of nitrogens with zero attached hydrogens (tertiary/aromatic N) is 3. The maximum atomic E-state index is 12.9. The molecule has 0 bridgehead atoms. The van der Waals surface area contributed by atoms with Gasteiger partial charge in [0, 0.05) is 22.7 Å². The predicted octanol–water partition coefficient (Wildman–Crippen LogP) is 4.98. The van der Waals surface area contributed by atoms with E-state index < -0.39 is 44.4 Å². The fourth-order valence-corrected chi connectivity index (χ4v) is 2.54. The van der Waals surface area contributed by atoms with E-state index in [-0.39, 0.29) is 27.7 Å². The van der Waals surface area contributed by atoms with Gasteiger partial charge in [-0.1, -0.05) is 23.2 Å². The lowest BCUT2D eigenvalue weighted by atomic mass is 10.1. The highest BCUT2D eigenvalue weighted by Crippen LogP contribution is 2.41. The number of alkyl halides is 3. The molecule has 0 heterocycles. The molecule has 148 valence electrons. The highest BCUT2D eigenvalue weighted by Gasteiger charge is 2.37. The first-order valence-electron chi connectivity index (χ1n) is 6.93. The number of phenolic OH excluding ortho intramolecular Hbond substituents is 1. The molecule has 0 aliphatic rings. The summed E-state index contributed by atoms with van der Waals surface area (Å²) in [5.74, 6) is -0.451. The Kier molecular flexibility index (Phi) is 5.95. The zero-order valence-electron chi connectivity index (χ0n) is 13.2. The Labute approximate surface area is 163 Å². The van der Waals surface area contributed by atoms with E-state index in [1.807, 2.05) is 5.43 Å². The Morgan fingerprint density at radius 3 is 2.07 bits per heavy atom. The molecule has 0 saturated heterocycles. The summed E-state index contributed by atoms with van der Waals surface area (Å²) in [5, 5.41) is 35.4. The quantitative estimate of drug-likeness (QED) is 0.384. The van der Waals surface area contributed by atoms with Gasteiger partial charge in [0.05, 0.1) is 26.6 Å². The second kappa shape index (κ2) is 7.86. The topological polar surface area (TPSA) is 131 Å². The SMILES string of the molecule is O=[N+]([O-])c1cc(C(F)(F)F)cc([N+](=O)[O-])c1N/N=C\c1cc(Cl)cc(Cl)c1O. The number of hydrazone groups is 1. The van der Waals surface area contributed by atoms with Crippen molar-refractivity contribution in [3.8, 4) is 5.75 Å². The second-order valence-electron chi connectivity index (χ2n) is 5.10. The molecule has 0 radical (unpaired) electrons. The predicted molar refractivity (Wildman–Crippen MR) is 94.1 cm³/mol. The lowest BCUT2D eigenvalue weighted by Gasteiger charge is -2.09. The van der Waals surface area contributed by atoms with Gasteiger partial charge in [-0.05, 0) is 12.1 Å². The van der Waals surface area contributed by atoms with E-state index in [1.165, 1.54) is 12.1 Å². The second-order valence-corrected chi connectivity index (χ2v) is 5.94. The van der Waals surface area contributed by atoms with Crippen molar-refractivity contribution >= 4 is 46.5 Å². The van der Waals surface area contributed by atoms with Crippen LogP contribution in [0, 0.1) is 20.2 Å². The number of anilines is 1. The minimum absolute atomic E-state index is 0.0535. The molecule has 0 amide bonds. The van der Waals surface area contributed by atoms with Crippen molar-refractivity contribution in [1.82, 2.24) is 0 Å². The lowest BCUT2D eigenvalue weighted by Crippen LogP contribution is -2.09. The Morgan fingerprint density at radius 2 is 1.61 bits per heavy atom. The molecule has 0 aliphatic carbocycles. The van der Waals surface area contributed by atoms with E-state index >= 15 is 0 Å². The van der Waals surface area contributed by atoms with Crippen molar-refractivity contribution in [2.75, 3.05) is 5.43 Å². The van der Waals surface area contributed by atoms with Gasteiger partial charge in [-0.15, -0.1) is 0 Å². The molecule has 0 fully saturated rings. The van der Waals surface area contributed by atoms with Crippen LogP contribution in [-0.2, 0) is 6.18 Å². The monoisotopic (exact) mass is 438 g/mol. The summed E-state index contributed by atoms with van der Waals surface area (Å²) in [6.07, 6.45) is -4.17. The van der Waals surface area contributed by atoms with E-state index in [1.54, 1.807) is 0 Å². The number of hydrogen-bond donors (Lipinski definition) is 2. The molecule has 0 unspecified atom stereocenters. The number of hydrogen-bond acceptors (Lipinski definition) is 7. The van der Waals surface area contributed by atoms with Crippen molar-refractivity contribution in [2.24, 2.45) is 5.10 Å². The van der Waals surface area contributed by atoms with Crippen LogP contribution in [0.2, 0.25) is 10.0 Å². The van der Waals surface area contributed by atoms with Crippen LogP contribution in [0.5, 0.6) is 5.75 Å². The van der Waals surface area contributed by atoms with Crippen molar-refractivity contribution < 1.29 is 28.1 Å². The highest BCUT2D eigenvalue weighted by molar-refractivity contribution is 6.36. The Bertz CT molecular complexity index is 963. The van der Waals surface area contributed by atoms with Crippen LogP contribution in [0.4, 0.5) is 30.2 Å². The van der Waals surface area contributed by atoms with Crippen molar-refractivity contribution in [1.29, 1.82) is 0 Å². The third-order valence-corrected chi connectivity index (χ3v) is 3.76. The van der Waals surface area contributed by atoms with Crippen molar-refractivity contribution in [2.45, 2.75) is 6.18 Å². The Hall–Kier alpha value is -3.12. The van der Waals surface area contributed by atoms with E-state index in [9.17, 15) is 38.5 Å². The number of rotatable bonds is 5.